The maximum Gasteiger partial charge on any atom is 0.117 e. The first-order valence-electron chi connectivity index (χ1n) is 7.13. The van der Waals surface area contributed by atoms with Crippen molar-refractivity contribution in [1.29, 1.82) is 0 Å². The molecule has 3 rings (SSSR count). The maximum atomic E-state index is 4.23. The SMILES string of the molecule is CC(C)(c1ccccc1)c1ccccc1N1C=NC=NC1. The number of rotatable bonds is 3. The third-order valence-corrected chi connectivity index (χ3v) is 3.97. The van der Waals surface area contributed by atoms with E-state index in [0.717, 1.165) is 5.69 Å². The lowest BCUT2D eigenvalue weighted by Gasteiger charge is -2.31. The zero-order valence-corrected chi connectivity index (χ0v) is 12.4. The van der Waals surface area contributed by atoms with Crippen molar-refractivity contribution in [2.24, 2.45) is 9.98 Å². The predicted molar refractivity (Wildman–Crippen MR) is 89.3 cm³/mol. The molecule has 106 valence electrons. The average molecular weight is 277 g/mol. The van der Waals surface area contributed by atoms with Gasteiger partial charge in [0.15, 0.2) is 0 Å². The van der Waals surface area contributed by atoms with Crippen LogP contribution < -0.4 is 4.90 Å². The van der Waals surface area contributed by atoms with Crippen molar-refractivity contribution >= 4 is 18.4 Å². The van der Waals surface area contributed by atoms with Gasteiger partial charge < -0.3 is 4.90 Å². The molecule has 1 aliphatic rings. The van der Waals surface area contributed by atoms with E-state index >= 15 is 0 Å². The highest BCUT2D eigenvalue weighted by Gasteiger charge is 2.27. The summed E-state index contributed by atoms with van der Waals surface area (Å²) < 4.78 is 0. The predicted octanol–water partition coefficient (Wildman–Crippen LogP) is 3.85. The van der Waals surface area contributed by atoms with E-state index in [0.29, 0.717) is 6.67 Å². The molecular formula is C18H19N3. The number of nitrogens with zero attached hydrogens (tertiary/aromatic N) is 3. The summed E-state index contributed by atoms with van der Waals surface area (Å²) in [6.45, 7) is 5.13. The van der Waals surface area contributed by atoms with Crippen LogP contribution in [0.15, 0.2) is 64.6 Å². The standard InChI is InChI=1S/C18H19N3/c1-18(2,15-8-4-3-5-9-15)16-10-6-7-11-17(16)21-13-19-12-20-14-21/h3-13H,14H2,1-2H3. The first kappa shape index (κ1) is 13.6. The van der Waals surface area contributed by atoms with Crippen molar-refractivity contribution in [3.63, 3.8) is 0 Å². The van der Waals surface area contributed by atoms with Gasteiger partial charge in [-0.2, -0.15) is 0 Å². The summed E-state index contributed by atoms with van der Waals surface area (Å²) in [4.78, 5) is 10.5. The molecule has 3 nitrogen and oxygen atoms in total. The smallest absolute Gasteiger partial charge is 0.117 e. The van der Waals surface area contributed by atoms with Gasteiger partial charge in [0, 0.05) is 11.1 Å². The fraction of sp³-hybridized carbons (Fsp3) is 0.222. The van der Waals surface area contributed by atoms with Crippen molar-refractivity contribution in [3.8, 4) is 0 Å². The van der Waals surface area contributed by atoms with E-state index < -0.39 is 0 Å². The van der Waals surface area contributed by atoms with Gasteiger partial charge in [-0.1, -0.05) is 62.4 Å². The van der Waals surface area contributed by atoms with Crippen LogP contribution in [0.2, 0.25) is 0 Å². The second-order valence-electron chi connectivity index (χ2n) is 5.68. The quantitative estimate of drug-likeness (QED) is 0.837. The van der Waals surface area contributed by atoms with Crippen LogP contribution in [0.5, 0.6) is 0 Å². The molecule has 2 aromatic rings. The molecule has 1 aliphatic heterocycles. The van der Waals surface area contributed by atoms with E-state index in [1.54, 1.807) is 6.34 Å². The summed E-state index contributed by atoms with van der Waals surface area (Å²) in [6, 6.07) is 19.1. The van der Waals surface area contributed by atoms with Gasteiger partial charge in [-0.25, -0.2) is 4.99 Å². The van der Waals surface area contributed by atoms with Crippen LogP contribution in [0.1, 0.15) is 25.0 Å². The van der Waals surface area contributed by atoms with Crippen LogP contribution >= 0.6 is 0 Å². The molecule has 1 heterocycles. The molecule has 21 heavy (non-hydrogen) atoms. The number of para-hydroxylation sites is 1. The van der Waals surface area contributed by atoms with Crippen LogP contribution in [0.4, 0.5) is 5.69 Å². The second kappa shape index (κ2) is 5.52. The monoisotopic (exact) mass is 277 g/mol. The Morgan fingerprint density at radius 2 is 1.67 bits per heavy atom. The highest BCUT2D eigenvalue weighted by atomic mass is 15.2. The molecule has 0 atom stereocenters. The Morgan fingerprint density at radius 1 is 0.952 bits per heavy atom. The highest BCUT2D eigenvalue weighted by Crippen LogP contribution is 2.37. The van der Waals surface area contributed by atoms with E-state index in [4.69, 9.17) is 0 Å². The highest BCUT2D eigenvalue weighted by molar-refractivity contribution is 5.88. The Bertz CT molecular complexity index is 672. The third-order valence-electron chi connectivity index (χ3n) is 3.97. The van der Waals surface area contributed by atoms with Gasteiger partial charge in [0.05, 0.1) is 6.34 Å². The molecule has 0 aromatic heterocycles. The Hall–Kier alpha value is -2.42. The summed E-state index contributed by atoms with van der Waals surface area (Å²) in [5, 5.41) is 0. The van der Waals surface area contributed by atoms with Crippen LogP contribution in [-0.2, 0) is 5.41 Å². The Labute approximate surface area is 125 Å². The van der Waals surface area contributed by atoms with Gasteiger partial charge in [-0.15, -0.1) is 0 Å². The van der Waals surface area contributed by atoms with Gasteiger partial charge in [-0.05, 0) is 17.2 Å². The van der Waals surface area contributed by atoms with E-state index in [1.165, 1.54) is 11.1 Å². The molecule has 0 bridgehead atoms. The van der Waals surface area contributed by atoms with Crippen molar-refractivity contribution < 1.29 is 0 Å². The Balaban J connectivity index is 2.06. The maximum absolute atomic E-state index is 4.23. The first-order valence-corrected chi connectivity index (χ1v) is 7.13. The van der Waals surface area contributed by atoms with Crippen molar-refractivity contribution in [2.45, 2.75) is 19.3 Å². The summed E-state index contributed by atoms with van der Waals surface area (Å²) in [5.74, 6) is 0. The topological polar surface area (TPSA) is 28.0 Å². The molecule has 0 unspecified atom stereocenters. The summed E-state index contributed by atoms with van der Waals surface area (Å²) >= 11 is 0. The molecule has 0 fully saturated rings. The molecule has 3 heteroatoms. The first-order chi connectivity index (χ1) is 10.2. The minimum atomic E-state index is -0.0765. The lowest BCUT2D eigenvalue weighted by molar-refractivity contribution is 0.640. The van der Waals surface area contributed by atoms with Crippen molar-refractivity contribution in [2.75, 3.05) is 11.6 Å². The molecule has 2 aromatic carbocycles. The van der Waals surface area contributed by atoms with E-state index in [2.05, 4.69) is 83.3 Å². The zero-order valence-electron chi connectivity index (χ0n) is 12.4. The molecule has 0 aliphatic carbocycles. The third kappa shape index (κ3) is 2.59. The van der Waals surface area contributed by atoms with Gasteiger partial charge in [0.1, 0.15) is 13.0 Å². The minimum absolute atomic E-state index is 0.0765. The van der Waals surface area contributed by atoms with Gasteiger partial charge in [0.2, 0.25) is 0 Å². The number of anilines is 1. The van der Waals surface area contributed by atoms with Gasteiger partial charge in [0.25, 0.3) is 0 Å². The number of hydrogen-bond donors (Lipinski definition) is 0. The minimum Gasteiger partial charge on any atom is -0.312 e. The van der Waals surface area contributed by atoms with Crippen LogP contribution in [0.3, 0.4) is 0 Å². The number of benzene rings is 2. The van der Waals surface area contributed by atoms with Crippen LogP contribution in [0, 0.1) is 0 Å². The normalized spacial score (nSPS) is 14.5. The van der Waals surface area contributed by atoms with Crippen molar-refractivity contribution in [3.05, 3.63) is 65.7 Å². The van der Waals surface area contributed by atoms with Gasteiger partial charge in [-0.3, -0.25) is 4.99 Å². The zero-order chi connectivity index (χ0) is 14.7. The number of hydrogen-bond acceptors (Lipinski definition) is 3. The Morgan fingerprint density at radius 3 is 2.38 bits per heavy atom. The Kier molecular flexibility index (Phi) is 3.57. The molecule has 0 saturated heterocycles. The van der Waals surface area contributed by atoms with Crippen LogP contribution in [0.25, 0.3) is 0 Å². The van der Waals surface area contributed by atoms with E-state index in [1.807, 2.05) is 6.34 Å². The molecule has 0 spiro atoms. The number of aliphatic imine (C=N–C) groups is 2. The summed E-state index contributed by atoms with van der Waals surface area (Å²) in [7, 11) is 0. The lowest BCUT2D eigenvalue weighted by atomic mass is 9.77. The van der Waals surface area contributed by atoms with Crippen LogP contribution in [-0.4, -0.2) is 19.3 Å². The largest absolute Gasteiger partial charge is 0.312 e. The average Bonchev–Trinajstić information content (AvgIpc) is 2.56. The van der Waals surface area contributed by atoms with E-state index in [-0.39, 0.29) is 5.41 Å². The fourth-order valence-corrected chi connectivity index (χ4v) is 2.72. The second-order valence-corrected chi connectivity index (χ2v) is 5.68. The molecule has 0 N–H and O–H groups in total. The molecule has 0 amide bonds. The van der Waals surface area contributed by atoms with Crippen molar-refractivity contribution in [1.82, 2.24) is 0 Å². The van der Waals surface area contributed by atoms with Gasteiger partial charge >= 0.3 is 0 Å². The molecule has 0 saturated carbocycles. The molecule has 0 radical (unpaired) electrons. The lowest BCUT2D eigenvalue weighted by Crippen LogP contribution is -2.29. The summed E-state index contributed by atoms with van der Waals surface area (Å²) in [6.07, 6.45) is 3.44. The fourth-order valence-electron chi connectivity index (χ4n) is 2.72. The molecular weight excluding hydrogens is 258 g/mol. The van der Waals surface area contributed by atoms with E-state index in [9.17, 15) is 0 Å². The summed E-state index contributed by atoms with van der Waals surface area (Å²) in [5.41, 5.74) is 3.66.